The van der Waals surface area contributed by atoms with Gasteiger partial charge in [0.25, 0.3) is 0 Å². The van der Waals surface area contributed by atoms with E-state index >= 15 is 0 Å². The van der Waals surface area contributed by atoms with Crippen LogP contribution in [0.3, 0.4) is 0 Å². The van der Waals surface area contributed by atoms with Gasteiger partial charge in [-0.05, 0) is 54.4 Å². The maximum Gasteiger partial charge on any atom is 0.220 e. The lowest BCUT2D eigenvalue weighted by Crippen LogP contribution is -2.47. The molecule has 1 saturated heterocycles. The molecule has 222 valence electrons. The molecule has 0 aliphatic carbocycles. The molecular formula is C37H57NO2. The molecule has 0 aromatic heterocycles. The van der Waals surface area contributed by atoms with E-state index in [9.17, 15) is 9.90 Å². The van der Waals surface area contributed by atoms with Crippen molar-refractivity contribution in [2.75, 3.05) is 0 Å². The molecule has 0 saturated carbocycles. The van der Waals surface area contributed by atoms with Crippen LogP contribution >= 0.6 is 0 Å². The number of amides is 1. The minimum absolute atomic E-state index is 0.0288. The third-order valence-corrected chi connectivity index (χ3v) is 8.93. The van der Waals surface area contributed by atoms with E-state index in [0.29, 0.717) is 12.8 Å². The zero-order valence-electron chi connectivity index (χ0n) is 25.7. The molecule has 2 aromatic rings. The standard InChI is InChI=1S/C37H57NO2/c1-3-5-7-9-11-13-15-17-19-31-21-25-33(26-22-31)37(40,35-29-30-36(39)38-35)34-27-23-32(24-28-34)20-18-16-14-12-10-8-6-4-2/h21-28,35,40H,3-20,29-30H2,1-2H3,(H,38,39)/t35-/m0/s1. The third-order valence-electron chi connectivity index (χ3n) is 8.93. The summed E-state index contributed by atoms with van der Waals surface area (Å²) in [4.78, 5) is 12.1. The van der Waals surface area contributed by atoms with Crippen LogP contribution in [0.25, 0.3) is 0 Å². The monoisotopic (exact) mass is 547 g/mol. The molecule has 0 unspecified atom stereocenters. The Labute approximate surface area is 245 Å². The molecular weight excluding hydrogens is 490 g/mol. The Kier molecular flexibility index (Phi) is 14.8. The molecule has 1 aliphatic heterocycles. The number of nitrogens with one attached hydrogen (secondary N) is 1. The Hall–Kier alpha value is -2.13. The third kappa shape index (κ3) is 10.4. The van der Waals surface area contributed by atoms with Crippen LogP contribution in [0.2, 0.25) is 0 Å². The van der Waals surface area contributed by atoms with E-state index in [2.05, 4.69) is 67.7 Å². The van der Waals surface area contributed by atoms with E-state index in [1.807, 2.05) is 0 Å². The molecule has 40 heavy (non-hydrogen) atoms. The number of unbranched alkanes of at least 4 members (excludes halogenated alkanes) is 14. The van der Waals surface area contributed by atoms with Gasteiger partial charge in [0.05, 0.1) is 6.04 Å². The fourth-order valence-electron chi connectivity index (χ4n) is 6.27. The number of rotatable bonds is 21. The Balaban J connectivity index is 1.55. The van der Waals surface area contributed by atoms with Crippen molar-refractivity contribution in [1.82, 2.24) is 5.32 Å². The van der Waals surface area contributed by atoms with Crippen LogP contribution in [0.1, 0.15) is 152 Å². The summed E-state index contributed by atoms with van der Waals surface area (Å²) in [7, 11) is 0. The Morgan fingerprint density at radius 2 is 1.00 bits per heavy atom. The normalized spacial score (nSPS) is 15.5. The summed E-state index contributed by atoms with van der Waals surface area (Å²) in [5.74, 6) is 0.0288. The first-order valence-corrected chi connectivity index (χ1v) is 16.8. The molecule has 0 bridgehead atoms. The van der Waals surface area contributed by atoms with Crippen molar-refractivity contribution >= 4 is 5.91 Å². The molecule has 1 atom stereocenters. The highest BCUT2D eigenvalue weighted by atomic mass is 16.3. The fourth-order valence-corrected chi connectivity index (χ4v) is 6.27. The van der Waals surface area contributed by atoms with Gasteiger partial charge in [-0.15, -0.1) is 0 Å². The maximum atomic E-state index is 12.2. The van der Waals surface area contributed by atoms with Crippen LogP contribution in [0.15, 0.2) is 48.5 Å². The minimum atomic E-state index is -1.22. The van der Waals surface area contributed by atoms with Gasteiger partial charge < -0.3 is 10.4 Å². The second-order valence-corrected chi connectivity index (χ2v) is 12.3. The molecule has 0 spiro atoms. The second kappa shape index (κ2) is 18.3. The van der Waals surface area contributed by atoms with E-state index in [1.165, 1.54) is 114 Å². The van der Waals surface area contributed by atoms with Gasteiger partial charge in [-0.3, -0.25) is 4.79 Å². The summed E-state index contributed by atoms with van der Waals surface area (Å²) >= 11 is 0. The van der Waals surface area contributed by atoms with Crippen molar-refractivity contribution in [2.45, 2.75) is 154 Å². The second-order valence-electron chi connectivity index (χ2n) is 12.3. The average molecular weight is 548 g/mol. The van der Waals surface area contributed by atoms with Crippen molar-refractivity contribution < 1.29 is 9.90 Å². The number of aryl methyl sites for hydroxylation is 2. The summed E-state index contributed by atoms with van der Waals surface area (Å²) in [6.07, 6.45) is 24.5. The van der Waals surface area contributed by atoms with Gasteiger partial charge in [0, 0.05) is 6.42 Å². The summed E-state index contributed by atoms with van der Waals surface area (Å²) < 4.78 is 0. The van der Waals surface area contributed by atoms with Crippen LogP contribution < -0.4 is 5.32 Å². The number of aliphatic hydroxyl groups is 1. The van der Waals surface area contributed by atoms with Gasteiger partial charge in [-0.2, -0.15) is 0 Å². The lowest BCUT2D eigenvalue weighted by molar-refractivity contribution is -0.120. The van der Waals surface area contributed by atoms with E-state index in [4.69, 9.17) is 0 Å². The summed E-state index contributed by atoms with van der Waals surface area (Å²) in [6.45, 7) is 4.54. The van der Waals surface area contributed by atoms with Gasteiger partial charge in [-0.1, -0.05) is 152 Å². The Morgan fingerprint density at radius 3 is 1.35 bits per heavy atom. The van der Waals surface area contributed by atoms with E-state index in [1.54, 1.807) is 0 Å². The lowest BCUT2D eigenvalue weighted by Gasteiger charge is -2.35. The van der Waals surface area contributed by atoms with Crippen LogP contribution in [0.4, 0.5) is 0 Å². The first-order valence-electron chi connectivity index (χ1n) is 16.8. The predicted molar refractivity (Wildman–Crippen MR) is 170 cm³/mol. The SMILES string of the molecule is CCCCCCCCCCc1ccc(C(O)(c2ccc(CCCCCCCCCC)cc2)[C@@H]2CCC(=O)N2)cc1. The molecule has 3 heteroatoms. The average Bonchev–Trinajstić information content (AvgIpc) is 3.43. The molecule has 3 nitrogen and oxygen atoms in total. The van der Waals surface area contributed by atoms with Crippen molar-refractivity contribution in [2.24, 2.45) is 0 Å². The maximum absolute atomic E-state index is 12.2. The number of carbonyl (C=O) groups is 1. The molecule has 0 radical (unpaired) electrons. The van der Waals surface area contributed by atoms with Crippen molar-refractivity contribution in [3.63, 3.8) is 0 Å². The smallest absolute Gasteiger partial charge is 0.220 e. The zero-order chi connectivity index (χ0) is 28.5. The molecule has 1 heterocycles. The Morgan fingerprint density at radius 1 is 0.625 bits per heavy atom. The van der Waals surface area contributed by atoms with Crippen LogP contribution in [0, 0.1) is 0 Å². The molecule has 2 N–H and O–H groups in total. The quantitative estimate of drug-likeness (QED) is 0.153. The van der Waals surface area contributed by atoms with E-state index in [-0.39, 0.29) is 11.9 Å². The molecule has 3 rings (SSSR count). The highest BCUT2D eigenvalue weighted by Crippen LogP contribution is 2.37. The fraction of sp³-hybridized carbons (Fsp3) is 0.649. The van der Waals surface area contributed by atoms with Crippen LogP contribution in [-0.2, 0) is 23.2 Å². The van der Waals surface area contributed by atoms with Crippen molar-refractivity contribution in [3.8, 4) is 0 Å². The predicted octanol–water partition coefficient (Wildman–Crippen LogP) is 9.57. The summed E-state index contributed by atoms with van der Waals surface area (Å²) in [6, 6.07) is 16.7. The number of carbonyl (C=O) groups excluding carboxylic acids is 1. The minimum Gasteiger partial charge on any atom is -0.378 e. The molecule has 1 amide bonds. The van der Waals surface area contributed by atoms with Crippen molar-refractivity contribution in [3.05, 3.63) is 70.8 Å². The van der Waals surface area contributed by atoms with Crippen LogP contribution in [0.5, 0.6) is 0 Å². The highest BCUT2D eigenvalue weighted by Gasteiger charge is 2.43. The van der Waals surface area contributed by atoms with Crippen molar-refractivity contribution in [1.29, 1.82) is 0 Å². The summed E-state index contributed by atoms with van der Waals surface area (Å²) in [5.41, 5.74) is 3.17. The number of benzene rings is 2. The first-order chi connectivity index (χ1) is 19.6. The van der Waals surface area contributed by atoms with Gasteiger partial charge >= 0.3 is 0 Å². The van der Waals surface area contributed by atoms with E-state index in [0.717, 1.165) is 24.0 Å². The zero-order valence-corrected chi connectivity index (χ0v) is 25.7. The Bertz CT molecular complexity index is 886. The number of hydrogen-bond acceptors (Lipinski definition) is 2. The van der Waals surface area contributed by atoms with Crippen LogP contribution in [-0.4, -0.2) is 17.1 Å². The van der Waals surface area contributed by atoms with E-state index < -0.39 is 5.60 Å². The molecule has 2 aromatic carbocycles. The topological polar surface area (TPSA) is 49.3 Å². The first kappa shape index (κ1) is 32.4. The van der Waals surface area contributed by atoms with Gasteiger partial charge in [0.15, 0.2) is 0 Å². The highest BCUT2D eigenvalue weighted by molar-refractivity contribution is 5.79. The molecule has 1 fully saturated rings. The molecule has 1 aliphatic rings. The largest absolute Gasteiger partial charge is 0.378 e. The lowest BCUT2D eigenvalue weighted by atomic mass is 9.79. The van der Waals surface area contributed by atoms with Gasteiger partial charge in [-0.25, -0.2) is 0 Å². The van der Waals surface area contributed by atoms with Gasteiger partial charge in [0.1, 0.15) is 5.60 Å². The summed E-state index contributed by atoms with van der Waals surface area (Å²) in [5, 5.41) is 15.3. The number of hydrogen-bond donors (Lipinski definition) is 2. The van der Waals surface area contributed by atoms with Gasteiger partial charge in [0.2, 0.25) is 5.91 Å².